The zero-order valence-corrected chi connectivity index (χ0v) is 16.3. The van der Waals surface area contributed by atoms with E-state index in [1.165, 1.54) is 12.0 Å². The zero-order valence-electron chi connectivity index (χ0n) is 16.3. The van der Waals surface area contributed by atoms with Crippen LogP contribution in [0, 0.1) is 0 Å². The Kier molecular flexibility index (Phi) is 5.47. The molecule has 1 heterocycles. The van der Waals surface area contributed by atoms with Gasteiger partial charge in [0.1, 0.15) is 0 Å². The largest absolute Gasteiger partial charge is 0.350 e. The number of hydrogen-bond acceptors (Lipinski definition) is 2. The lowest BCUT2D eigenvalue weighted by Crippen LogP contribution is -2.60. The Balaban J connectivity index is 1.57. The van der Waals surface area contributed by atoms with Crippen LogP contribution in [-0.4, -0.2) is 35.8 Å². The number of rotatable bonds is 4. The third kappa shape index (κ3) is 3.82. The summed E-state index contributed by atoms with van der Waals surface area (Å²) >= 11 is 0. The molecular weight excluding hydrogens is 348 g/mol. The molecule has 4 nitrogen and oxygen atoms in total. The number of piperazine rings is 1. The molecule has 2 aliphatic rings. The first kappa shape index (κ1) is 18.7. The van der Waals surface area contributed by atoms with Gasteiger partial charge in [-0.3, -0.25) is 9.59 Å². The van der Waals surface area contributed by atoms with Gasteiger partial charge in [0, 0.05) is 6.54 Å². The Morgan fingerprint density at radius 1 is 0.964 bits per heavy atom. The molecule has 28 heavy (non-hydrogen) atoms. The first-order chi connectivity index (χ1) is 13.7. The third-order valence-electron chi connectivity index (χ3n) is 6.20. The molecule has 1 N–H and O–H groups in total. The molecule has 2 fully saturated rings. The Morgan fingerprint density at radius 2 is 1.61 bits per heavy atom. The summed E-state index contributed by atoms with van der Waals surface area (Å²) in [5, 5.41) is 3.07. The Bertz CT molecular complexity index is 813. The summed E-state index contributed by atoms with van der Waals surface area (Å²) in [6.07, 6.45) is 5.80. The van der Waals surface area contributed by atoms with E-state index in [4.69, 9.17) is 0 Å². The predicted molar refractivity (Wildman–Crippen MR) is 110 cm³/mol. The molecule has 1 aliphatic heterocycles. The second-order valence-corrected chi connectivity index (χ2v) is 8.15. The third-order valence-corrected chi connectivity index (χ3v) is 6.20. The predicted octanol–water partition coefficient (Wildman–Crippen LogP) is 3.46. The molecule has 0 bridgehead atoms. The van der Waals surface area contributed by atoms with E-state index in [0.717, 1.165) is 37.7 Å². The first-order valence-electron chi connectivity index (χ1n) is 10.4. The molecule has 0 radical (unpaired) electrons. The van der Waals surface area contributed by atoms with Crippen molar-refractivity contribution >= 4 is 11.8 Å². The summed E-state index contributed by atoms with van der Waals surface area (Å²) in [5.74, 6) is 0.0749. The van der Waals surface area contributed by atoms with Crippen LogP contribution in [0.2, 0.25) is 0 Å². The molecule has 1 atom stereocenters. The fraction of sp³-hybridized carbons (Fsp3) is 0.417. The second kappa shape index (κ2) is 8.17. The van der Waals surface area contributed by atoms with Crippen molar-refractivity contribution in [3.05, 3.63) is 71.8 Å². The van der Waals surface area contributed by atoms with Crippen molar-refractivity contribution in [3.8, 4) is 0 Å². The highest BCUT2D eigenvalue weighted by Crippen LogP contribution is 2.41. The van der Waals surface area contributed by atoms with Crippen molar-refractivity contribution < 1.29 is 9.59 Å². The molecule has 146 valence electrons. The maximum absolute atomic E-state index is 13.8. The average Bonchev–Trinajstić information content (AvgIpc) is 2.74. The van der Waals surface area contributed by atoms with E-state index in [2.05, 4.69) is 29.6 Å². The van der Waals surface area contributed by atoms with E-state index in [1.54, 1.807) is 0 Å². The van der Waals surface area contributed by atoms with Crippen molar-refractivity contribution in [2.45, 2.75) is 50.0 Å². The molecular formula is C24H28N2O2. The van der Waals surface area contributed by atoms with Gasteiger partial charge in [0.25, 0.3) is 0 Å². The monoisotopic (exact) mass is 376 g/mol. The number of benzene rings is 2. The van der Waals surface area contributed by atoms with E-state index < -0.39 is 5.41 Å². The van der Waals surface area contributed by atoms with Gasteiger partial charge in [-0.05, 0) is 30.4 Å². The molecule has 1 saturated carbocycles. The van der Waals surface area contributed by atoms with Gasteiger partial charge in [0.2, 0.25) is 11.8 Å². The normalized spacial score (nSPS) is 21.8. The molecule has 2 amide bonds. The Morgan fingerprint density at radius 3 is 2.29 bits per heavy atom. The minimum atomic E-state index is -0.478. The molecule has 1 aliphatic carbocycles. The smallest absolute Gasteiger partial charge is 0.239 e. The second-order valence-electron chi connectivity index (χ2n) is 8.15. The minimum absolute atomic E-state index is 0.0380. The summed E-state index contributed by atoms with van der Waals surface area (Å²) in [6.45, 7) is 0.743. The van der Waals surface area contributed by atoms with Gasteiger partial charge >= 0.3 is 0 Å². The van der Waals surface area contributed by atoms with Crippen LogP contribution in [-0.2, 0) is 21.4 Å². The molecule has 0 spiro atoms. The minimum Gasteiger partial charge on any atom is -0.350 e. The summed E-state index contributed by atoms with van der Waals surface area (Å²) in [7, 11) is 0. The van der Waals surface area contributed by atoms with Crippen molar-refractivity contribution in [2.24, 2.45) is 0 Å². The molecule has 4 rings (SSSR count). The highest BCUT2D eigenvalue weighted by molar-refractivity contribution is 5.92. The SMILES string of the molecule is O=C1CN(C(=O)C2(c3ccccc3)CCCCC2)C[C@H](Cc2ccccc2)N1. The molecule has 2 aromatic rings. The maximum Gasteiger partial charge on any atom is 0.239 e. The van der Waals surface area contributed by atoms with Crippen LogP contribution in [0.1, 0.15) is 43.2 Å². The van der Waals surface area contributed by atoms with Crippen LogP contribution < -0.4 is 5.32 Å². The van der Waals surface area contributed by atoms with E-state index in [-0.39, 0.29) is 24.4 Å². The van der Waals surface area contributed by atoms with E-state index in [9.17, 15) is 9.59 Å². The zero-order chi connectivity index (χ0) is 19.4. The van der Waals surface area contributed by atoms with Crippen LogP contribution in [0.3, 0.4) is 0 Å². The lowest BCUT2D eigenvalue weighted by atomic mass is 9.68. The number of nitrogens with zero attached hydrogens (tertiary/aromatic N) is 1. The summed E-state index contributed by atoms with van der Waals surface area (Å²) in [6, 6.07) is 20.3. The van der Waals surface area contributed by atoms with Gasteiger partial charge in [-0.1, -0.05) is 79.9 Å². The van der Waals surface area contributed by atoms with Crippen molar-refractivity contribution in [1.82, 2.24) is 10.2 Å². The van der Waals surface area contributed by atoms with Gasteiger partial charge in [-0.2, -0.15) is 0 Å². The summed E-state index contributed by atoms with van der Waals surface area (Å²) in [4.78, 5) is 28.0. The number of carbonyl (C=O) groups excluding carboxylic acids is 2. The highest BCUT2D eigenvalue weighted by atomic mass is 16.2. The van der Waals surface area contributed by atoms with Crippen LogP contribution in [0.5, 0.6) is 0 Å². The van der Waals surface area contributed by atoms with Gasteiger partial charge < -0.3 is 10.2 Å². The Labute approximate surface area is 166 Å². The van der Waals surface area contributed by atoms with E-state index in [1.807, 2.05) is 41.3 Å². The average molecular weight is 376 g/mol. The van der Waals surface area contributed by atoms with Gasteiger partial charge in [0.15, 0.2) is 0 Å². The molecule has 4 heteroatoms. The van der Waals surface area contributed by atoms with Gasteiger partial charge in [-0.25, -0.2) is 0 Å². The first-order valence-corrected chi connectivity index (χ1v) is 10.4. The summed E-state index contributed by atoms with van der Waals surface area (Å²) < 4.78 is 0. The Hall–Kier alpha value is -2.62. The van der Waals surface area contributed by atoms with Gasteiger partial charge in [-0.15, -0.1) is 0 Å². The highest BCUT2D eigenvalue weighted by Gasteiger charge is 2.45. The van der Waals surface area contributed by atoms with E-state index >= 15 is 0 Å². The molecule has 0 unspecified atom stereocenters. The number of carbonyl (C=O) groups is 2. The van der Waals surface area contributed by atoms with E-state index in [0.29, 0.717) is 6.54 Å². The quantitative estimate of drug-likeness (QED) is 0.888. The summed E-state index contributed by atoms with van der Waals surface area (Å²) in [5.41, 5.74) is 1.80. The number of amides is 2. The molecule has 2 aromatic carbocycles. The molecule has 1 saturated heterocycles. The molecule has 0 aromatic heterocycles. The van der Waals surface area contributed by atoms with Gasteiger partial charge in [0.05, 0.1) is 18.0 Å². The topological polar surface area (TPSA) is 49.4 Å². The maximum atomic E-state index is 13.8. The standard InChI is InChI=1S/C24H28N2O2/c27-22-18-26(17-21(25-22)16-19-10-4-1-5-11-19)23(28)24(14-8-3-9-15-24)20-12-6-2-7-13-20/h1-2,4-7,10-13,21H,3,8-9,14-18H2,(H,25,27)/t21-/m0/s1. The van der Waals surface area contributed by atoms with Crippen LogP contribution in [0.15, 0.2) is 60.7 Å². The fourth-order valence-electron chi connectivity index (χ4n) is 4.83. The lowest BCUT2D eigenvalue weighted by molar-refractivity contribution is -0.145. The van der Waals surface area contributed by atoms with Crippen LogP contribution in [0.25, 0.3) is 0 Å². The lowest BCUT2D eigenvalue weighted by Gasteiger charge is -2.42. The van der Waals surface area contributed by atoms with Crippen molar-refractivity contribution in [1.29, 1.82) is 0 Å². The fourth-order valence-corrected chi connectivity index (χ4v) is 4.83. The van der Waals surface area contributed by atoms with Crippen LogP contribution in [0.4, 0.5) is 0 Å². The van der Waals surface area contributed by atoms with Crippen molar-refractivity contribution in [2.75, 3.05) is 13.1 Å². The van der Waals surface area contributed by atoms with Crippen LogP contribution >= 0.6 is 0 Å². The van der Waals surface area contributed by atoms with Crippen molar-refractivity contribution in [3.63, 3.8) is 0 Å². The number of hydrogen-bond donors (Lipinski definition) is 1. The number of nitrogens with one attached hydrogen (secondary N) is 1.